The Morgan fingerprint density at radius 2 is 2.00 bits per heavy atom. The first-order valence-electron chi connectivity index (χ1n) is 5.77. The second-order valence-corrected chi connectivity index (χ2v) is 6.56. The summed E-state index contributed by atoms with van der Waals surface area (Å²) in [5, 5.41) is 0. The lowest BCUT2D eigenvalue weighted by atomic mass is 10.1. The van der Waals surface area contributed by atoms with E-state index in [1.54, 1.807) is 12.1 Å². The topological polar surface area (TPSA) is 80.5 Å². The van der Waals surface area contributed by atoms with Crippen molar-refractivity contribution in [3.05, 3.63) is 29.3 Å². The van der Waals surface area contributed by atoms with Gasteiger partial charge in [-0.2, -0.15) is 4.31 Å². The minimum absolute atomic E-state index is 0.229. The highest BCUT2D eigenvalue weighted by Crippen LogP contribution is 2.25. The van der Waals surface area contributed by atoms with Gasteiger partial charge in [0.2, 0.25) is 15.9 Å². The molecule has 0 radical (unpaired) electrons. The van der Waals surface area contributed by atoms with E-state index in [2.05, 4.69) is 0 Å². The number of sulfonamides is 1. The molecule has 98 valence electrons. The number of nitrogens with two attached hydrogens (primary N) is 1. The molecule has 1 aliphatic rings. The molecule has 0 aromatic heterocycles. The van der Waals surface area contributed by atoms with Crippen molar-refractivity contribution >= 4 is 15.9 Å². The van der Waals surface area contributed by atoms with Gasteiger partial charge in [-0.05, 0) is 42.5 Å². The molecule has 2 rings (SSSR count). The molecule has 0 aliphatic heterocycles. The smallest absolute Gasteiger partial charge is 0.243 e. The number of fused-ring (bicyclic) bond motifs is 1. The summed E-state index contributed by atoms with van der Waals surface area (Å²) in [6, 6.07) is 5.15. The predicted octanol–water partition coefficient (Wildman–Crippen LogP) is 0.281. The summed E-state index contributed by atoms with van der Waals surface area (Å²) >= 11 is 0. The molecule has 0 bridgehead atoms. The van der Waals surface area contributed by atoms with Gasteiger partial charge in [0, 0.05) is 7.05 Å². The van der Waals surface area contributed by atoms with Crippen molar-refractivity contribution in [3.63, 3.8) is 0 Å². The fourth-order valence-electron chi connectivity index (χ4n) is 2.19. The molecule has 5 nitrogen and oxygen atoms in total. The summed E-state index contributed by atoms with van der Waals surface area (Å²) in [7, 11) is -2.27. The summed E-state index contributed by atoms with van der Waals surface area (Å²) in [6.07, 6.45) is 2.99. The van der Waals surface area contributed by atoms with Gasteiger partial charge in [0.25, 0.3) is 0 Å². The number of carbonyl (C=O) groups is 1. The molecule has 1 aliphatic carbocycles. The van der Waals surface area contributed by atoms with Gasteiger partial charge in [0.1, 0.15) is 0 Å². The predicted molar refractivity (Wildman–Crippen MR) is 67.5 cm³/mol. The summed E-state index contributed by atoms with van der Waals surface area (Å²) in [6.45, 7) is -0.306. The standard InChI is InChI=1S/C12H16N2O3S/c1-14(8-12(13)15)18(16,17)11-6-5-9-3-2-4-10(9)7-11/h5-7H,2-4,8H2,1H3,(H2,13,15). The monoisotopic (exact) mass is 268 g/mol. The van der Waals surface area contributed by atoms with Crippen LogP contribution in [0, 0.1) is 0 Å². The maximum atomic E-state index is 12.2. The van der Waals surface area contributed by atoms with Crippen molar-refractivity contribution in [2.75, 3.05) is 13.6 Å². The van der Waals surface area contributed by atoms with E-state index < -0.39 is 15.9 Å². The van der Waals surface area contributed by atoms with E-state index in [0.717, 1.165) is 29.1 Å². The van der Waals surface area contributed by atoms with Gasteiger partial charge in [-0.1, -0.05) is 6.07 Å². The Labute approximate surface area is 107 Å². The molecule has 6 heteroatoms. The van der Waals surface area contributed by atoms with E-state index in [1.165, 1.54) is 12.6 Å². The highest BCUT2D eigenvalue weighted by molar-refractivity contribution is 7.89. The van der Waals surface area contributed by atoms with Crippen LogP contribution in [0.25, 0.3) is 0 Å². The fourth-order valence-corrected chi connectivity index (χ4v) is 3.38. The van der Waals surface area contributed by atoms with Gasteiger partial charge in [-0.3, -0.25) is 4.79 Å². The van der Waals surface area contributed by atoms with Crippen LogP contribution < -0.4 is 5.73 Å². The molecule has 0 saturated carbocycles. The van der Waals surface area contributed by atoms with Gasteiger partial charge in [0.15, 0.2) is 0 Å². The van der Waals surface area contributed by atoms with Crippen LogP contribution in [0.2, 0.25) is 0 Å². The molecule has 0 saturated heterocycles. The van der Waals surface area contributed by atoms with Crippen LogP contribution in [0.3, 0.4) is 0 Å². The van der Waals surface area contributed by atoms with Crippen LogP contribution in [0.4, 0.5) is 0 Å². The quantitative estimate of drug-likeness (QED) is 0.851. The molecule has 2 N–H and O–H groups in total. The second-order valence-electron chi connectivity index (χ2n) is 4.51. The van der Waals surface area contributed by atoms with Crippen LogP contribution in [-0.4, -0.2) is 32.2 Å². The van der Waals surface area contributed by atoms with Gasteiger partial charge < -0.3 is 5.73 Å². The zero-order chi connectivity index (χ0) is 13.3. The Hall–Kier alpha value is -1.40. The highest BCUT2D eigenvalue weighted by Gasteiger charge is 2.23. The molecule has 18 heavy (non-hydrogen) atoms. The number of rotatable bonds is 4. The van der Waals surface area contributed by atoms with Crippen molar-refractivity contribution in [1.82, 2.24) is 4.31 Å². The maximum Gasteiger partial charge on any atom is 0.243 e. The summed E-state index contributed by atoms with van der Waals surface area (Å²) in [5.74, 6) is -0.665. The Balaban J connectivity index is 2.33. The third-order valence-corrected chi connectivity index (χ3v) is 4.96. The summed E-state index contributed by atoms with van der Waals surface area (Å²) in [4.78, 5) is 11.0. The normalized spacial score (nSPS) is 14.8. The van der Waals surface area contributed by atoms with Crippen molar-refractivity contribution in [1.29, 1.82) is 0 Å². The molecule has 0 unspecified atom stereocenters. The van der Waals surface area contributed by atoms with Crippen LogP contribution in [0.1, 0.15) is 17.5 Å². The van der Waals surface area contributed by atoms with E-state index in [9.17, 15) is 13.2 Å². The van der Waals surface area contributed by atoms with Crippen molar-refractivity contribution in [2.24, 2.45) is 5.73 Å². The first kappa shape index (κ1) is 13.0. The van der Waals surface area contributed by atoms with E-state index in [0.29, 0.717) is 0 Å². The minimum atomic E-state index is -3.62. The first-order valence-corrected chi connectivity index (χ1v) is 7.22. The fraction of sp³-hybridized carbons (Fsp3) is 0.417. The van der Waals surface area contributed by atoms with E-state index in [1.807, 2.05) is 6.07 Å². The number of nitrogens with zero attached hydrogens (tertiary/aromatic N) is 1. The molecule has 1 aromatic carbocycles. The molecule has 0 fully saturated rings. The van der Waals surface area contributed by atoms with E-state index in [4.69, 9.17) is 5.73 Å². The van der Waals surface area contributed by atoms with Gasteiger partial charge in [0.05, 0.1) is 11.4 Å². The molecular formula is C12H16N2O3S. The maximum absolute atomic E-state index is 12.2. The van der Waals surface area contributed by atoms with Gasteiger partial charge in [-0.15, -0.1) is 0 Å². The van der Waals surface area contributed by atoms with Crippen LogP contribution in [0.5, 0.6) is 0 Å². The minimum Gasteiger partial charge on any atom is -0.369 e. The SMILES string of the molecule is CN(CC(N)=O)S(=O)(=O)c1ccc2c(c1)CCC2. The Bertz CT molecular complexity index is 581. The Morgan fingerprint density at radius 1 is 1.33 bits per heavy atom. The van der Waals surface area contributed by atoms with E-state index in [-0.39, 0.29) is 11.4 Å². The number of likely N-dealkylation sites (N-methyl/N-ethyl adjacent to an activating group) is 1. The average Bonchev–Trinajstić information content (AvgIpc) is 2.74. The number of hydrogen-bond donors (Lipinski definition) is 1. The molecule has 0 heterocycles. The third kappa shape index (κ3) is 2.39. The lowest BCUT2D eigenvalue weighted by molar-refractivity contribution is -0.118. The number of amides is 1. The third-order valence-electron chi connectivity index (χ3n) is 3.16. The lowest BCUT2D eigenvalue weighted by Gasteiger charge is -2.16. The van der Waals surface area contributed by atoms with Crippen molar-refractivity contribution in [2.45, 2.75) is 24.2 Å². The Kier molecular flexibility index (Phi) is 3.41. The molecule has 1 amide bonds. The van der Waals surface area contributed by atoms with Gasteiger partial charge in [-0.25, -0.2) is 8.42 Å². The number of primary amides is 1. The number of benzene rings is 1. The Morgan fingerprint density at radius 3 is 2.67 bits per heavy atom. The van der Waals surface area contributed by atoms with Crippen molar-refractivity contribution in [3.8, 4) is 0 Å². The zero-order valence-corrected chi connectivity index (χ0v) is 11.0. The van der Waals surface area contributed by atoms with Crippen molar-refractivity contribution < 1.29 is 13.2 Å². The molecule has 0 spiro atoms. The van der Waals surface area contributed by atoms with Crippen LogP contribution in [-0.2, 0) is 27.7 Å². The zero-order valence-electron chi connectivity index (χ0n) is 10.2. The number of hydrogen-bond acceptors (Lipinski definition) is 3. The number of carbonyl (C=O) groups excluding carboxylic acids is 1. The summed E-state index contributed by atoms with van der Waals surface area (Å²) in [5.41, 5.74) is 7.31. The number of aryl methyl sites for hydroxylation is 2. The molecule has 1 aromatic rings. The van der Waals surface area contributed by atoms with Gasteiger partial charge >= 0.3 is 0 Å². The van der Waals surface area contributed by atoms with Crippen LogP contribution >= 0.6 is 0 Å². The largest absolute Gasteiger partial charge is 0.369 e. The summed E-state index contributed by atoms with van der Waals surface area (Å²) < 4.78 is 25.3. The lowest BCUT2D eigenvalue weighted by Crippen LogP contribution is -2.35. The second kappa shape index (κ2) is 4.70. The van der Waals surface area contributed by atoms with E-state index >= 15 is 0 Å². The average molecular weight is 268 g/mol. The molecule has 0 atom stereocenters. The highest BCUT2D eigenvalue weighted by atomic mass is 32.2. The molecular weight excluding hydrogens is 252 g/mol. The van der Waals surface area contributed by atoms with Crippen LogP contribution in [0.15, 0.2) is 23.1 Å². The first-order chi connectivity index (χ1) is 8.41.